The lowest BCUT2D eigenvalue weighted by Gasteiger charge is -2.37. The maximum absolute atomic E-state index is 12.5. The molecule has 4 aromatic rings. The van der Waals surface area contributed by atoms with Gasteiger partial charge in [-0.05, 0) is 85.4 Å². The molecule has 0 aromatic heterocycles. The van der Waals surface area contributed by atoms with Crippen molar-refractivity contribution in [2.24, 2.45) is 0 Å². The minimum absolute atomic E-state index is 0.0298. The summed E-state index contributed by atoms with van der Waals surface area (Å²) in [5, 5.41) is 6.23. The number of carbonyl (C=O) groups excluding carboxylic acids is 1. The lowest BCUT2D eigenvalue weighted by Crippen LogP contribution is -2.39. The number of hydrogen-bond acceptors (Lipinski definition) is 5. The van der Waals surface area contributed by atoms with Crippen LogP contribution in [0.5, 0.6) is 5.75 Å². The van der Waals surface area contributed by atoms with Crippen molar-refractivity contribution in [1.29, 1.82) is 0 Å². The molecule has 0 spiro atoms. The summed E-state index contributed by atoms with van der Waals surface area (Å²) in [5.74, 6) is 0.569. The van der Waals surface area contributed by atoms with Gasteiger partial charge in [-0.1, -0.05) is 60.7 Å². The smallest absolute Gasteiger partial charge is 0.338 e. The van der Waals surface area contributed by atoms with Crippen molar-refractivity contribution >= 4 is 28.1 Å². The van der Waals surface area contributed by atoms with E-state index >= 15 is 0 Å². The number of carbonyl (C=O) groups is 1. The Morgan fingerprint density at radius 2 is 1.73 bits per heavy atom. The van der Waals surface area contributed by atoms with Crippen LogP contribution in [-0.4, -0.2) is 38.8 Å². The molecule has 37 heavy (non-hydrogen) atoms. The van der Waals surface area contributed by atoms with Crippen molar-refractivity contribution in [2.75, 3.05) is 31.6 Å². The number of ether oxygens (including phenoxy) is 2. The highest BCUT2D eigenvalue weighted by atomic mass is 16.5. The fourth-order valence-corrected chi connectivity index (χ4v) is 5.34. The van der Waals surface area contributed by atoms with Gasteiger partial charge in [0.15, 0.2) is 0 Å². The van der Waals surface area contributed by atoms with Gasteiger partial charge in [0.1, 0.15) is 11.9 Å². The Morgan fingerprint density at radius 1 is 0.946 bits per heavy atom. The molecule has 5 nitrogen and oxygen atoms in total. The Bertz CT molecular complexity index is 1410. The number of rotatable bonds is 8. The van der Waals surface area contributed by atoms with Crippen LogP contribution in [0.15, 0.2) is 78.9 Å². The van der Waals surface area contributed by atoms with Crippen LogP contribution in [0, 0.1) is 13.8 Å². The molecular formula is C32H34N2O3. The molecule has 0 fully saturated rings. The number of para-hydroxylation sites is 2. The van der Waals surface area contributed by atoms with Gasteiger partial charge in [-0.3, -0.25) is 0 Å². The molecule has 0 unspecified atom stereocenters. The van der Waals surface area contributed by atoms with E-state index in [4.69, 9.17) is 9.47 Å². The molecule has 1 N–H and O–H groups in total. The second kappa shape index (κ2) is 11.1. The van der Waals surface area contributed by atoms with E-state index in [1.807, 2.05) is 38.1 Å². The monoisotopic (exact) mass is 494 g/mol. The maximum atomic E-state index is 12.5. The standard InChI is InChI=1S/C32H34N2O3/c1-22-15-16-28(23(2)31(22)32(35)36-3)34-21-26(37-30-14-7-6-13-29(30)34)18-20-33-19-17-25-11-8-10-24-9-4-5-12-27(24)25/h4-16,26,33H,17-21H2,1-3H3/t26-/m1/s1. The van der Waals surface area contributed by atoms with Crippen molar-refractivity contribution in [2.45, 2.75) is 32.8 Å². The Balaban J connectivity index is 1.27. The van der Waals surface area contributed by atoms with E-state index < -0.39 is 0 Å². The zero-order valence-electron chi connectivity index (χ0n) is 21.8. The summed E-state index contributed by atoms with van der Waals surface area (Å²) in [7, 11) is 1.43. The van der Waals surface area contributed by atoms with Crippen LogP contribution in [0.1, 0.15) is 33.5 Å². The normalized spacial score (nSPS) is 14.8. The van der Waals surface area contributed by atoms with E-state index in [9.17, 15) is 4.79 Å². The zero-order valence-corrected chi connectivity index (χ0v) is 21.8. The molecule has 0 aliphatic carbocycles. The van der Waals surface area contributed by atoms with Crippen molar-refractivity contribution in [3.63, 3.8) is 0 Å². The summed E-state index contributed by atoms with van der Waals surface area (Å²) in [4.78, 5) is 14.8. The van der Waals surface area contributed by atoms with Crippen LogP contribution in [0.25, 0.3) is 10.8 Å². The molecular weight excluding hydrogens is 460 g/mol. The summed E-state index contributed by atoms with van der Waals surface area (Å²) in [5.41, 5.74) is 5.88. The Labute approximate surface area is 219 Å². The predicted octanol–water partition coefficient (Wildman–Crippen LogP) is 6.36. The molecule has 5 rings (SSSR count). The van der Waals surface area contributed by atoms with Gasteiger partial charge in [-0.25, -0.2) is 4.79 Å². The van der Waals surface area contributed by atoms with E-state index in [-0.39, 0.29) is 12.1 Å². The van der Waals surface area contributed by atoms with Crippen LogP contribution in [0.2, 0.25) is 0 Å². The largest absolute Gasteiger partial charge is 0.486 e. The summed E-state index contributed by atoms with van der Waals surface area (Å²) in [6.07, 6.45) is 1.90. The molecule has 1 aliphatic rings. The van der Waals surface area contributed by atoms with Crippen LogP contribution >= 0.6 is 0 Å². The van der Waals surface area contributed by atoms with Crippen LogP contribution in [0.4, 0.5) is 11.4 Å². The Morgan fingerprint density at radius 3 is 2.59 bits per heavy atom. The van der Waals surface area contributed by atoms with Gasteiger partial charge in [0.05, 0.1) is 24.9 Å². The lowest BCUT2D eigenvalue weighted by molar-refractivity contribution is 0.0599. The summed E-state index contributed by atoms with van der Waals surface area (Å²) >= 11 is 0. The molecule has 190 valence electrons. The minimum Gasteiger partial charge on any atom is -0.486 e. The predicted molar refractivity (Wildman–Crippen MR) is 150 cm³/mol. The molecule has 0 saturated carbocycles. The van der Waals surface area contributed by atoms with E-state index in [2.05, 4.69) is 64.8 Å². The average Bonchev–Trinajstić information content (AvgIpc) is 2.92. The van der Waals surface area contributed by atoms with Gasteiger partial charge >= 0.3 is 5.97 Å². The van der Waals surface area contributed by atoms with E-state index in [1.165, 1.54) is 23.4 Å². The third-order valence-corrected chi connectivity index (χ3v) is 7.26. The molecule has 1 aliphatic heterocycles. The van der Waals surface area contributed by atoms with Gasteiger partial charge in [-0.2, -0.15) is 0 Å². The molecule has 1 heterocycles. The van der Waals surface area contributed by atoms with Gasteiger partial charge in [0.25, 0.3) is 0 Å². The fraction of sp³-hybridized carbons (Fsp3) is 0.281. The lowest BCUT2D eigenvalue weighted by atomic mass is 9.99. The van der Waals surface area contributed by atoms with Gasteiger partial charge in [-0.15, -0.1) is 0 Å². The number of nitrogens with zero attached hydrogens (tertiary/aromatic N) is 1. The molecule has 1 atom stereocenters. The highest BCUT2D eigenvalue weighted by molar-refractivity contribution is 5.95. The summed E-state index contributed by atoms with van der Waals surface area (Å²) < 4.78 is 11.5. The number of aryl methyl sites for hydroxylation is 1. The van der Waals surface area contributed by atoms with Gasteiger partial charge in [0.2, 0.25) is 0 Å². The second-order valence-electron chi connectivity index (χ2n) is 9.64. The van der Waals surface area contributed by atoms with Crippen LogP contribution in [0.3, 0.4) is 0 Å². The van der Waals surface area contributed by atoms with Crippen molar-refractivity contribution < 1.29 is 14.3 Å². The van der Waals surface area contributed by atoms with Gasteiger partial charge in [0, 0.05) is 5.69 Å². The topological polar surface area (TPSA) is 50.8 Å². The average molecular weight is 495 g/mol. The number of benzene rings is 4. The summed E-state index contributed by atoms with van der Waals surface area (Å²) in [6, 6.07) is 27.3. The SMILES string of the molecule is COC(=O)c1c(C)ccc(N2C[C@@H](CCNCCc3cccc4ccccc34)Oc3ccccc32)c1C. The molecule has 4 aromatic carbocycles. The summed E-state index contributed by atoms with van der Waals surface area (Å²) in [6.45, 7) is 6.44. The number of nitrogens with one attached hydrogen (secondary N) is 1. The van der Waals surface area contributed by atoms with E-state index in [1.54, 1.807) is 0 Å². The number of esters is 1. The molecule has 5 heteroatoms. The minimum atomic E-state index is -0.301. The third kappa shape index (κ3) is 5.18. The Hall–Kier alpha value is -3.83. The fourth-order valence-electron chi connectivity index (χ4n) is 5.34. The van der Waals surface area contributed by atoms with E-state index in [0.717, 1.165) is 54.2 Å². The van der Waals surface area contributed by atoms with Gasteiger partial charge < -0.3 is 19.7 Å². The number of anilines is 2. The van der Waals surface area contributed by atoms with Crippen molar-refractivity contribution in [3.8, 4) is 5.75 Å². The number of methoxy groups -OCH3 is 1. The Kier molecular flexibility index (Phi) is 7.42. The second-order valence-corrected chi connectivity index (χ2v) is 9.64. The third-order valence-electron chi connectivity index (χ3n) is 7.26. The number of hydrogen-bond donors (Lipinski definition) is 1. The van der Waals surface area contributed by atoms with Crippen LogP contribution in [-0.2, 0) is 11.2 Å². The first-order chi connectivity index (χ1) is 18.1. The molecule has 0 bridgehead atoms. The first-order valence-electron chi connectivity index (χ1n) is 13.0. The van der Waals surface area contributed by atoms with E-state index in [0.29, 0.717) is 12.1 Å². The first kappa shape index (κ1) is 24.8. The quantitative estimate of drug-likeness (QED) is 0.228. The van der Waals surface area contributed by atoms with Crippen molar-refractivity contribution in [1.82, 2.24) is 5.32 Å². The molecule has 0 saturated heterocycles. The van der Waals surface area contributed by atoms with Crippen LogP contribution < -0.4 is 15.0 Å². The highest BCUT2D eigenvalue weighted by Crippen LogP contribution is 2.40. The number of fused-ring (bicyclic) bond motifs is 2. The highest BCUT2D eigenvalue weighted by Gasteiger charge is 2.28. The molecule has 0 radical (unpaired) electrons. The van der Waals surface area contributed by atoms with Crippen molar-refractivity contribution in [3.05, 3.63) is 101 Å². The molecule has 0 amide bonds. The zero-order chi connectivity index (χ0) is 25.8. The first-order valence-corrected chi connectivity index (χ1v) is 13.0. The maximum Gasteiger partial charge on any atom is 0.338 e.